The predicted octanol–water partition coefficient (Wildman–Crippen LogP) is 1.62. The van der Waals surface area contributed by atoms with Gasteiger partial charge in [0, 0.05) is 12.5 Å². The molecule has 3 rings (SSSR count). The van der Waals surface area contributed by atoms with E-state index in [1.165, 1.54) is 6.42 Å². The first-order valence-electron chi connectivity index (χ1n) is 5.97. The largest absolute Gasteiger partial charge is 0.476 e. The minimum absolute atomic E-state index is 0.600. The number of nitrogens with one attached hydrogen (secondary N) is 1. The van der Waals surface area contributed by atoms with Crippen LogP contribution in [0.1, 0.15) is 6.42 Å². The molecule has 0 radical (unpaired) electrons. The minimum Gasteiger partial charge on any atom is -0.476 e. The lowest BCUT2D eigenvalue weighted by Gasteiger charge is -2.09. The van der Waals surface area contributed by atoms with E-state index in [2.05, 4.69) is 15.3 Å². The molecule has 1 N–H and O–H groups in total. The van der Waals surface area contributed by atoms with E-state index in [1.54, 1.807) is 6.20 Å². The van der Waals surface area contributed by atoms with Crippen LogP contribution in [0.5, 0.6) is 5.88 Å². The van der Waals surface area contributed by atoms with Gasteiger partial charge >= 0.3 is 0 Å². The number of aromatic nitrogens is 2. The molecule has 1 aromatic heterocycles. The molecule has 0 unspecified atom stereocenters. The first kappa shape index (κ1) is 10.5. The van der Waals surface area contributed by atoms with Crippen molar-refractivity contribution in [1.29, 1.82) is 0 Å². The van der Waals surface area contributed by atoms with Gasteiger partial charge in [-0.15, -0.1) is 0 Å². The third kappa shape index (κ3) is 2.36. The fourth-order valence-corrected chi connectivity index (χ4v) is 2.07. The zero-order valence-electron chi connectivity index (χ0n) is 9.60. The van der Waals surface area contributed by atoms with Crippen molar-refractivity contribution < 1.29 is 4.74 Å². The number of hydrogen-bond donors (Lipinski definition) is 1. The third-order valence-electron chi connectivity index (χ3n) is 3.06. The molecule has 0 saturated carbocycles. The predicted molar refractivity (Wildman–Crippen MR) is 66.0 cm³/mol. The lowest BCUT2D eigenvalue weighted by Crippen LogP contribution is -2.15. The van der Waals surface area contributed by atoms with Crippen LogP contribution in [0.25, 0.3) is 11.0 Å². The van der Waals surface area contributed by atoms with Gasteiger partial charge < -0.3 is 10.1 Å². The highest BCUT2D eigenvalue weighted by molar-refractivity contribution is 5.73. The Balaban J connectivity index is 1.72. The second-order valence-corrected chi connectivity index (χ2v) is 4.37. The summed E-state index contributed by atoms with van der Waals surface area (Å²) in [6, 6.07) is 7.82. The number of nitrogens with zero attached hydrogens (tertiary/aromatic N) is 2. The summed E-state index contributed by atoms with van der Waals surface area (Å²) in [6.07, 6.45) is 2.88. The minimum atomic E-state index is 0.600. The standard InChI is InChI=1S/C13H15N3O/c1-2-4-12-11(3-1)15-8-13(16-12)17-9-10-5-6-14-7-10/h1-4,8,10,14H,5-7,9H2/t10-/m0/s1. The summed E-state index contributed by atoms with van der Waals surface area (Å²) in [5.41, 5.74) is 1.79. The molecule has 1 saturated heterocycles. The molecule has 0 amide bonds. The Morgan fingerprint density at radius 3 is 3.00 bits per heavy atom. The maximum atomic E-state index is 5.68. The molecular weight excluding hydrogens is 214 g/mol. The quantitative estimate of drug-likeness (QED) is 0.868. The van der Waals surface area contributed by atoms with Crippen molar-refractivity contribution in [2.45, 2.75) is 6.42 Å². The highest BCUT2D eigenvalue weighted by Crippen LogP contribution is 2.15. The molecule has 0 spiro atoms. The van der Waals surface area contributed by atoms with Crippen LogP contribution in [0.3, 0.4) is 0 Å². The summed E-state index contributed by atoms with van der Waals surface area (Å²) in [6.45, 7) is 2.86. The van der Waals surface area contributed by atoms with Gasteiger partial charge in [0.15, 0.2) is 0 Å². The molecule has 1 atom stereocenters. The molecule has 17 heavy (non-hydrogen) atoms. The zero-order valence-corrected chi connectivity index (χ0v) is 9.60. The van der Waals surface area contributed by atoms with Crippen LogP contribution in [-0.4, -0.2) is 29.7 Å². The molecule has 1 aliphatic heterocycles. The first-order chi connectivity index (χ1) is 8.42. The monoisotopic (exact) mass is 229 g/mol. The van der Waals surface area contributed by atoms with Crippen LogP contribution >= 0.6 is 0 Å². The maximum absolute atomic E-state index is 5.68. The Morgan fingerprint density at radius 2 is 2.18 bits per heavy atom. The average Bonchev–Trinajstić information content (AvgIpc) is 2.89. The van der Waals surface area contributed by atoms with Crippen LogP contribution in [0.2, 0.25) is 0 Å². The van der Waals surface area contributed by atoms with Crippen molar-refractivity contribution in [3.05, 3.63) is 30.5 Å². The van der Waals surface area contributed by atoms with Crippen LogP contribution in [-0.2, 0) is 0 Å². The van der Waals surface area contributed by atoms with E-state index < -0.39 is 0 Å². The number of hydrogen-bond acceptors (Lipinski definition) is 4. The van der Waals surface area contributed by atoms with E-state index in [0.717, 1.165) is 30.7 Å². The summed E-state index contributed by atoms with van der Waals surface area (Å²) in [7, 11) is 0. The number of benzene rings is 1. The molecule has 1 aliphatic rings. The highest BCUT2D eigenvalue weighted by Gasteiger charge is 2.15. The number of rotatable bonds is 3. The summed E-state index contributed by atoms with van der Waals surface area (Å²) in [4.78, 5) is 8.75. The van der Waals surface area contributed by atoms with Crippen LogP contribution in [0, 0.1) is 5.92 Å². The molecule has 4 nitrogen and oxygen atoms in total. The Bertz CT molecular complexity index is 509. The Morgan fingerprint density at radius 1 is 1.29 bits per heavy atom. The molecule has 2 aromatic rings. The topological polar surface area (TPSA) is 47.0 Å². The maximum Gasteiger partial charge on any atom is 0.232 e. The zero-order chi connectivity index (χ0) is 11.5. The highest BCUT2D eigenvalue weighted by atomic mass is 16.5. The van der Waals surface area contributed by atoms with Gasteiger partial charge in [-0.25, -0.2) is 9.97 Å². The van der Waals surface area contributed by atoms with Gasteiger partial charge in [0.05, 0.1) is 23.8 Å². The SMILES string of the molecule is c1ccc2nc(OC[C@H]3CCNC3)cnc2c1. The van der Waals surface area contributed by atoms with Crippen LogP contribution in [0.15, 0.2) is 30.5 Å². The van der Waals surface area contributed by atoms with Gasteiger partial charge in [-0.05, 0) is 25.1 Å². The fraction of sp³-hybridized carbons (Fsp3) is 0.385. The lowest BCUT2D eigenvalue weighted by molar-refractivity contribution is 0.251. The first-order valence-corrected chi connectivity index (χ1v) is 5.97. The van der Waals surface area contributed by atoms with Crippen molar-refractivity contribution in [2.75, 3.05) is 19.7 Å². The summed E-state index contributed by atoms with van der Waals surface area (Å²) in [5, 5.41) is 3.32. The van der Waals surface area contributed by atoms with Crippen molar-refractivity contribution in [2.24, 2.45) is 5.92 Å². The van der Waals surface area contributed by atoms with Gasteiger partial charge in [-0.3, -0.25) is 0 Å². The van der Waals surface area contributed by atoms with E-state index in [-0.39, 0.29) is 0 Å². The van der Waals surface area contributed by atoms with E-state index in [4.69, 9.17) is 4.74 Å². The van der Waals surface area contributed by atoms with Crippen LogP contribution in [0.4, 0.5) is 0 Å². The van der Waals surface area contributed by atoms with Crippen molar-refractivity contribution in [3.63, 3.8) is 0 Å². The molecule has 2 heterocycles. The molecule has 1 aromatic carbocycles. The summed E-state index contributed by atoms with van der Waals surface area (Å²) < 4.78 is 5.68. The number of ether oxygens (including phenoxy) is 1. The lowest BCUT2D eigenvalue weighted by atomic mass is 10.1. The number of para-hydroxylation sites is 2. The van der Waals surface area contributed by atoms with E-state index >= 15 is 0 Å². The van der Waals surface area contributed by atoms with Gasteiger partial charge in [-0.1, -0.05) is 12.1 Å². The smallest absolute Gasteiger partial charge is 0.232 e. The molecule has 1 fully saturated rings. The van der Waals surface area contributed by atoms with Gasteiger partial charge in [0.2, 0.25) is 5.88 Å². The molecular formula is C13H15N3O. The van der Waals surface area contributed by atoms with Gasteiger partial charge in [0.1, 0.15) is 0 Å². The van der Waals surface area contributed by atoms with E-state index in [0.29, 0.717) is 11.8 Å². The third-order valence-corrected chi connectivity index (χ3v) is 3.06. The van der Waals surface area contributed by atoms with Gasteiger partial charge in [0.25, 0.3) is 0 Å². The molecule has 0 aliphatic carbocycles. The second kappa shape index (κ2) is 4.67. The fourth-order valence-electron chi connectivity index (χ4n) is 2.07. The molecule has 0 bridgehead atoms. The Labute approximate surface area is 100 Å². The average molecular weight is 229 g/mol. The summed E-state index contributed by atoms with van der Waals surface area (Å²) >= 11 is 0. The van der Waals surface area contributed by atoms with Crippen LogP contribution < -0.4 is 10.1 Å². The van der Waals surface area contributed by atoms with Crippen molar-refractivity contribution in [1.82, 2.24) is 15.3 Å². The van der Waals surface area contributed by atoms with E-state index in [9.17, 15) is 0 Å². The van der Waals surface area contributed by atoms with Crippen molar-refractivity contribution in [3.8, 4) is 5.88 Å². The van der Waals surface area contributed by atoms with Gasteiger partial charge in [-0.2, -0.15) is 0 Å². The second-order valence-electron chi connectivity index (χ2n) is 4.37. The summed E-state index contributed by atoms with van der Waals surface area (Å²) in [5.74, 6) is 1.22. The Kier molecular flexibility index (Phi) is 2.88. The Hall–Kier alpha value is -1.68. The van der Waals surface area contributed by atoms with Crippen molar-refractivity contribution >= 4 is 11.0 Å². The van der Waals surface area contributed by atoms with E-state index in [1.807, 2.05) is 24.3 Å². The normalized spacial score (nSPS) is 19.6. The molecule has 4 heteroatoms. The molecule has 88 valence electrons. The number of fused-ring (bicyclic) bond motifs is 1.